The van der Waals surface area contributed by atoms with Gasteiger partial charge in [0.15, 0.2) is 0 Å². The van der Waals surface area contributed by atoms with Crippen molar-refractivity contribution >= 4 is 52.5 Å². The van der Waals surface area contributed by atoms with E-state index in [0.717, 1.165) is 11.1 Å². The van der Waals surface area contributed by atoms with Gasteiger partial charge in [0.2, 0.25) is 0 Å². The third kappa shape index (κ3) is 6.26. The average molecular weight is 472 g/mol. The maximum Gasteiger partial charge on any atom is 0.266 e. The quantitative estimate of drug-likeness (QED) is 0.308. The lowest BCUT2D eigenvalue weighted by atomic mass is 10.1. The van der Waals surface area contributed by atoms with Crippen LogP contribution in [0.1, 0.15) is 16.7 Å². The number of benzene rings is 3. The van der Waals surface area contributed by atoms with Crippen LogP contribution in [0.5, 0.6) is 5.75 Å². The summed E-state index contributed by atoms with van der Waals surface area (Å²) in [5, 5.41) is 13.6. The molecule has 0 bridgehead atoms. The summed E-state index contributed by atoms with van der Waals surface area (Å²) < 4.78 is 5.74. The summed E-state index contributed by atoms with van der Waals surface area (Å²) >= 11 is 18.4. The molecule has 0 spiro atoms. The molecule has 0 aliphatic heterocycles. The van der Waals surface area contributed by atoms with Crippen molar-refractivity contribution in [1.29, 1.82) is 5.26 Å². The Bertz CT molecular complexity index is 1200. The molecule has 4 nitrogen and oxygen atoms in total. The first-order valence-electron chi connectivity index (χ1n) is 9.22. The van der Waals surface area contributed by atoms with E-state index in [9.17, 15) is 10.1 Å². The van der Waals surface area contributed by atoms with Crippen molar-refractivity contribution in [3.05, 3.63) is 98.0 Å². The number of hydrogen-bond donors (Lipinski definition) is 1. The minimum atomic E-state index is -0.542. The third-order valence-corrected chi connectivity index (χ3v) is 5.28. The standard InChI is InChI=1S/C24H17Cl3N2O2/c1-15-5-7-20(12-21(15)26)29-24(30)18(13-28)9-16-6-8-23(22(27)11-16)31-14-17-3-2-4-19(25)10-17/h2-12H,14H2,1H3,(H,29,30)/b18-9+. The Morgan fingerprint density at radius 1 is 1.06 bits per heavy atom. The zero-order valence-corrected chi connectivity index (χ0v) is 18.7. The van der Waals surface area contributed by atoms with Gasteiger partial charge in [0, 0.05) is 15.7 Å². The summed E-state index contributed by atoms with van der Waals surface area (Å²) in [6.45, 7) is 2.17. The highest BCUT2D eigenvalue weighted by molar-refractivity contribution is 6.32. The summed E-state index contributed by atoms with van der Waals surface area (Å²) in [5.74, 6) is -0.0594. The Morgan fingerprint density at radius 3 is 2.55 bits per heavy atom. The highest BCUT2D eigenvalue weighted by Crippen LogP contribution is 2.28. The molecular weight excluding hydrogens is 455 g/mol. The van der Waals surface area contributed by atoms with E-state index < -0.39 is 5.91 Å². The molecule has 0 radical (unpaired) electrons. The molecule has 156 valence electrons. The molecule has 0 unspecified atom stereocenters. The van der Waals surface area contributed by atoms with E-state index in [1.165, 1.54) is 6.08 Å². The van der Waals surface area contributed by atoms with Crippen LogP contribution in [0, 0.1) is 18.3 Å². The van der Waals surface area contributed by atoms with Crippen molar-refractivity contribution in [3.8, 4) is 11.8 Å². The number of nitrogens with zero attached hydrogens (tertiary/aromatic N) is 1. The van der Waals surface area contributed by atoms with Crippen molar-refractivity contribution in [2.24, 2.45) is 0 Å². The predicted octanol–water partition coefficient (Wildman–Crippen LogP) is 7.08. The van der Waals surface area contributed by atoms with Crippen LogP contribution in [0.15, 0.2) is 66.2 Å². The highest BCUT2D eigenvalue weighted by Gasteiger charge is 2.11. The smallest absolute Gasteiger partial charge is 0.266 e. The summed E-state index contributed by atoms with van der Waals surface area (Å²) in [7, 11) is 0. The first-order chi connectivity index (χ1) is 14.9. The molecule has 0 saturated carbocycles. The first kappa shape index (κ1) is 22.7. The molecule has 0 fully saturated rings. The SMILES string of the molecule is Cc1ccc(NC(=O)/C(C#N)=C/c2ccc(OCc3cccc(Cl)c3)c(Cl)c2)cc1Cl. The molecule has 3 aromatic rings. The maximum atomic E-state index is 12.5. The number of anilines is 1. The molecule has 31 heavy (non-hydrogen) atoms. The van der Waals surface area contributed by atoms with Crippen LogP contribution in [0.2, 0.25) is 15.1 Å². The second-order valence-electron chi connectivity index (χ2n) is 6.70. The molecular formula is C24H17Cl3N2O2. The summed E-state index contributed by atoms with van der Waals surface area (Å²) in [6, 6.07) is 19.4. The normalized spacial score (nSPS) is 11.0. The summed E-state index contributed by atoms with van der Waals surface area (Å²) in [5.41, 5.74) is 2.83. The number of halogens is 3. The van der Waals surface area contributed by atoms with E-state index in [0.29, 0.717) is 38.7 Å². The van der Waals surface area contributed by atoms with Crippen LogP contribution in [0.25, 0.3) is 6.08 Å². The predicted molar refractivity (Wildman–Crippen MR) is 126 cm³/mol. The lowest BCUT2D eigenvalue weighted by Gasteiger charge is -2.09. The molecule has 1 amide bonds. The number of nitriles is 1. The molecule has 0 heterocycles. The molecule has 0 aromatic heterocycles. The van der Waals surface area contributed by atoms with Crippen LogP contribution >= 0.6 is 34.8 Å². The van der Waals surface area contributed by atoms with E-state index in [-0.39, 0.29) is 5.57 Å². The number of ether oxygens (including phenoxy) is 1. The molecule has 3 rings (SSSR count). The number of rotatable bonds is 6. The van der Waals surface area contributed by atoms with Gasteiger partial charge in [0.05, 0.1) is 5.02 Å². The minimum absolute atomic E-state index is 0.0691. The second-order valence-corrected chi connectivity index (χ2v) is 7.95. The van der Waals surface area contributed by atoms with Crippen LogP contribution in [-0.4, -0.2) is 5.91 Å². The van der Waals surface area contributed by atoms with Gasteiger partial charge in [-0.1, -0.05) is 59.1 Å². The van der Waals surface area contributed by atoms with Gasteiger partial charge in [-0.15, -0.1) is 0 Å². The highest BCUT2D eigenvalue weighted by atomic mass is 35.5. The van der Waals surface area contributed by atoms with Crippen molar-refractivity contribution in [2.75, 3.05) is 5.32 Å². The topological polar surface area (TPSA) is 62.1 Å². The molecule has 1 N–H and O–H groups in total. The number of carbonyl (C=O) groups excluding carboxylic acids is 1. The molecule has 0 saturated heterocycles. The largest absolute Gasteiger partial charge is 0.487 e. The fraction of sp³-hybridized carbons (Fsp3) is 0.0833. The van der Waals surface area contributed by atoms with Gasteiger partial charge < -0.3 is 10.1 Å². The lowest BCUT2D eigenvalue weighted by molar-refractivity contribution is -0.112. The zero-order chi connectivity index (χ0) is 22.4. The first-order valence-corrected chi connectivity index (χ1v) is 10.3. The summed E-state index contributed by atoms with van der Waals surface area (Å²) in [4.78, 5) is 12.5. The van der Waals surface area contributed by atoms with Gasteiger partial charge in [-0.2, -0.15) is 5.26 Å². The Balaban J connectivity index is 1.71. The number of hydrogen-bond acceptors (Lipinski definition) is 3. The monoisotopic (exact) mass is 470 g/mol. The number of amides is 1. The molecule has 3 aromatic carbocycles. The second kappa shape index (κ2) is 10.4. The van der Waals surface area contributed by atoms with E-state index in [1.54, 1.807) is 42.5 Å². The average Bonchev–Trinajstić information content (AvgIpc) is 2.74. The molecule has 0 atom stereocenters. The Labute approximate surface area is 195 Å². The van der Waals surface area contributed by atoms with Gasteiger partial charge in [0.1, 0.15) is 24.0 Å². The van der Waals surface area contributed by atoms with Gasteiger partial charge in [-0.3, -0.25) is 4.79 Å². The van der Waals surface area contributed by atoms with Crippen LogP contribution < -0.4 is 10.1 Å². The lowest BCUT2D eigenvalue weighted by Crippen LogP contribution is -2.13. The van der Waals surface area contributed by atoms with Gasteiger partial charge >= 0.3 is 0 Å². The van der Waals surface area contributed by atoms with Gasteiger partial charge in [0.25, 0.3) is 5.91 Å². The summed E-state index contributed by atoms with van der Waals surface area (Å²) in [6.07, 6.45) is 1.46. The fourth-order valence-electron chi connectivity index (χ4n) is 2.70. The molecule has 0 aliphatic rings. The van der Waals surface area contributed by atoms with Crippen LogP contribution in [0.4, 0.5) is 5.69 Å². The Kier molecular flexibility index (Phi) is 7.59. The zero-order valence-electron chi connectivity index (χ0n) is 16.5. The van der Waals surface area contributed by atoms with E-state index in [1.807, 2.05) is 31.2 Å². The Hall–Kier alpha value is -2.97. The maximum absolute atomic E-state index is 12.5. The van der Waals surface area contributed by atoms with E-state index in [4.69, 9.17) is 39.5 Å². The Morgan fingerprint density at radius 2 is 1.87 bits per heavy atom. The van der Waals surface area contributed by atoms with Crippen molar-refractivity contribution in [1.82, 2.24) is 0 Å². The van der Waals surface area contributed by atoms with Gasteiger partial charge in [-0.25, -0.2) is 0 Å². The van der Waals surface area contributed by atoms with Crippen LogP contribution in [0.3, 0.4) is 0 Å². The van der Waals surface area contributed by atoms with Crippen molar-refractivity contribution < 1.29 is 9.53 Å². The number of aryl methyl sites for hydroxylation is 1. The third-order valence-electron chi connectivity index (χ3n) is 4.35. The number of carbonyl (C=O) groups is 1. The molecule has 7 heteroatoms. The van der Waals surface area contributed by atoms with Crippen molar-refractivity contribution in [2.45, 2.75) is 13.5 Å². The van der Waals surface area contributed by atoms with Crippen LogP contribution in [-0.2, 0) is 11.4 Å². The minimum Gasteiger partial charge on any atom is -0.487 e. The van der Waals surface area contributed by atoms with E-state index >= 15 is 0 Å². The van der Waals surface area contributed by atoms with Gasteiger partial charge in [-0.05, 0) is 66.1 Å². The van der Waals surface area contributed by atoms with Crippen molar-refractivity contribution in [3.63, 3.8) is 0 Å². The molecule has 0 aliphatic carbocycles. The number of nitrogens with one attached hydrogen (secondary N) is 1. The fourth-order valence-corrected chi connectivity index (χ4v) is 3.33. The van der Waals surface area contributed by atoms with E-state index in [2.05, 4.69) is 5.32 Å².